The topological polar surface area (TPSA) is 37.4 Å². The molecule has 2 aliphatic heterocycles. The van der Waals surface area contributed by atoms with Crippen molar-refractivity contribution in [1.29, 1.82) is 0 Å². The molecule has 1 fully saturated rings. The van der Waals surface area contributed by atoms with Crippen LogP contribution in [0.2, 0.25) is 0 Å². The zero-order valence-corrected chi connectivity index (χ0v) is 7.76. The van der Waals surface area contributed by atoms with Gasteiger partial charge in [-0.15, -0.1) is 0 Å². The van der Waals surface area contributed by atoms with Crippen molar-refractivity contribution < 1.29 is 8.42 Å². The van der Waals surface area contributed by atoms with Gasteiger partial charge in [0.25, 0.3) is 0 Å². The second-order valence-corrected chi connectivity index (χ2v) is 5.43. The summed E-state index contributed by atoms with van der Waals surface area (Å²) in [4.78, 5) is 0. The van der Waals surface area contributed by atoms with Crippen LogP contribution in [0.5, 0.6) is 0 Å². The summed E-state index contributed by atoms with van der Waals surface area (Å²) in [5, 5.41) is 0. The highest BCUT2D eigenvalue weighted by Gasteiger charge is 2.33. The molecule has 1 unspecified atom stereocenters. The molecule has 2 heterocycles. The van der Waals surface area contributed by atoms with E-state index in [1.54, 1.807) is 4.31 Å². The Morgan fingerprint density at radius 1 is 1.33 bits per heavy atom. The molecular formula is C8H13NO2S. The van der Waals surface area contributed by atoms with Gasteiger partial charge < -0.3 is 0 Å². The lowest BCUT2D eigenvalue weighted by Gasteiger charge is -2.35. The van der Waals surface area contributed by atoms with Gasteiger partial charge in [0.1, 0.15) is 0 Å². The Balaban J connectivity index is 2.28. The van der Waals surface area contributed by atoms with Gasteiger partial charge in [-0.1, -0.05) is 12.2 Å². The van der Waals surface area contributed by atoms with Gasteiger partial charge in [-0.3, -0.25) is 0 Å². The quantitative estimate of drug-likeness (QED) is 0.524. The molecule has 12 heavy (non-hydrogen) atoms. The predicted molar refractivity (Wildman–Crippen MR) is 47.3 cm³/mol. The molecule has 0 saturated carbocycles. The van der Waals surface area contributed by atoms with Crippen molar-refractivity contribution in [3.8, 4) is 0 Å². The van der Waals surface area contributed by atoms with Crippen LogP contribution in [-0.2, 0) is 10.0 Å². The summed E-state index contributed by atoms with van der Waals surface area (Å²) in [6.45, 7) is 0.590. The van der Waals surface area contributed by atoms with Crippen molar-refractivity contribution in [1.82, 2.24) is 4.31 Å². The molecule has 1 saturated heterocycles. The molecule has 0 bridgehead atoms. The highest BCUT2D eigenvalue weighted by atomic mass is 32.2. The van der Waals surface area contributed by atoms with Crippen molar-refractivity contribution in [2.75, 3.05) is 12.3 Å². The molecule has 0 radical (unpaired) electrons. The van der Waals surface area contributed by atoms with Crippen LogP contribution in [-0.4, -0.2) is 31.1 Å². The summed E-state index contributed by atoms with van der Waals surface area (Å²) in [5.74, 6) is 0.345. The second kappa shape index (κ2) is 2.85. The average Bonchev–Trinajstić information content (AvgIpc) is 2.04. The lowest BCUT2D eigenvalue weighted by atomic mass is 10.1. The van der Waals surface area contributed by atoms with Gasteiger partial charge in [0.15, 0.2) is 0 Å². The van der Waals surface area contributed by atoms with Crippen LogP contribution in [0, 0.1) is 0 Å². The van der Waals surface area contributed by atoms with Gasteiger partial charge in [0.05, 0.1) is 5.75 Å². The fraction of sp³-hybridized carbons (Fsp3) is 0.750. The molecule has 0 amide bonds. The highest BCUT2D eigenvalue weighted by molar-refractivity contribution is 7.89. The molecular weight excluding hydrogens is 174 g/mol. The van der Waals surface area contributed by atoms with Crippen LogP contribution >= 0.6 is 0 Å². The SMILES string of the molecule is O=S1(=O)CCCC2CC=CCN21. The maximum absolute atomic E-state index is 11.5. The van der Waals surface area contributed by atoms with E-state index in [1.807, 2.05) is 6.08 Å². The first-order chi connectivity index (χ1) is 5.70. The molecule has 0 spiro atoms. The van der Waals surface area contributed by atoms with E-state index in [1.165, 1.54) is 0 Å². The Kier molecular flexibility index (Phi) is 1.96. The van der Waals surface area contributed by atoms with Crippen molar-refractivity contribution >= 4 is 10.0 Å². The van der Waals surface area contributed by atoms with Crippen molar-refractivity contribution in [3.63, 3.8) is 0 Å². The maximum atomic E-state index is 11.5. The maximum Gasteiger partial charge on any atom is 0.214 e. The van der Waals surface area contributed by atoms with E-state index in [4.69, 9.17) is 0 Å². The summed E-state index contributed by atoms with van der Waals surface area (Å²) < 4.78 is 24.7. The molecule has 0 aliphatic carbocycles. The molecule has 3 nitrogen and oxygen atoms in total. The first-order valence-corrected chi connectivity index (χ1v) is 5.95. The van der Waals surface area contributed by atoms with E-state index in [0.717, 1.165) is 19.3 Å². The van der Waals surface area contributed by atoms with Crippen molar-refractivity contribution in [2.45, 2.75) is 25.3 Å². The summed E-state index contributed by atoms with van der Waals surface area (Å²) in [6.07, 6.45) is 6.79. The third-order valence-corrected chi connectivity index (χ3v) is 4.53. The summed E-state index contributed by atoms with van der Waals surface area (Å²) in [5.41, 5.74) is 0. The van der Waals surface area contributed by atoms with E-state index in [2.05, 4.69) is 6.08 Å². The van der Waals surface area contributed by atoms with E-state index in [9.17, 15) is 8.42 Å². The van der Waals surface area contributed by atoms with Crippen LogP contribution in [0.1, 0.15) is 19.3 Å². The Morgan fingerprint density at radius 3 is 2.92 bits per heavy atom. The van der Waals surface area contributed by atoms with E-state index < -0.39 is 10.0 Å². The van der Waals surface area contributed by atoms with Gasteiger partial charge in [-0.05, 0) is 19.3 Å². The molecule has 0 aromatic carbocycles. The average molecular weight is 187 g/mol. The second-order valence-electron chi connectivity index (χ2n) is 3.39. The molecule has 2 aliphatic rings. The van der Waals surface area contributed by atoms with Gasteiger partial charge in [-0.25, -0.2) is 8.42 Å². The summed E-state index contributed by atoms with van der Waals surface area (Å²) >= 11 is 0. The van der Waals surface area contributed by atoms with E-state index >= 15 is 0 Å². The molecule has 4 heteroatoms. The fourth-order valence-corrected chi connectivity index (χ4v) is 3.64. The molecule has 0 N–H and O–H groups in total. The van der Waals surface area contributed by atoms with Crippen LogP contribution in [0.25, 0.3) is 0 Å². The van der Waals surface area contributed by atoms with Gasteiger partial charge in [0.2, 0.25) is 10.0 Å². The number of fused-ring (bicyclic) bond motifs is 1. The first-order valence-electron chi connectivity index (χ1n) is 4.35. The number of hydrogen-bond donors (Lipinski definition) is 0. The van der Waals surface area contributed by atoms with Crippen LogP contribution < -0.4 is 0 Å². The van der Waals surface area contributed by atoms with Crippen molar-refractivity contribution in [2.24, 2.45) is 0 Å². The lowest BCUT2D eigenvalue weighted by molar-refractivity contribution is 0.297. The lowest BCUT2D eigenvalue weighted by Crippen LogP contribution is -2.46. The Hall–Kier alpha value is -0.350. The number of hydrogen-bond acceptors (Lipinski definition) is 2. The van der Waals surface area contributed by atoms with E-state index in [0.29, 0.717) is 12.3 Å². The van der Waals surface area contributed by atoms with Gasteiger partial charge in [-0.2, -0.15) is 4.31 Å². The van der Waals surface area contributed by atoms with Crippen LogP contribution in [0.4, 0.5) is 0 Å². The molecule has 68 valence electrons. The Labute approximate surface area is 73.1 Å². The standard InChI is InChI=1S/C8H13NO2S/c10-12(11)7-3-5-8-4-1-2-6-9(8)12/h1-2,8H,3-7H2. The first kappa shape index (κ1) is 8.26. The number of sulfonamides is 1. The Bertz CT molecular complexity index is 294. The number of rotatable bonds is 0. The Morgan fingerprint density at radius 2 is 2.17 bits per heavy atom. The summed E-state index contributed by atoms with van der Waals surface area (Å²) in [6, 6.07) is 0.258. The predicted octanol–water partition coefficient (Wildman–Crippen LogP) is 0.741. The van der Waals surface area contributed by atoms with E-state index in [-0.39, 0.29) is 6.04 Å². The monoisotopic (exact) mass is 187 g/mol. The zero-order valence-electron chi connectivity index (χ0n) is 6.94. The molecule has 0 aromatic rings. The third kappa shape index (κ3) is 1.29. The molecule has 1 atom stereocenters. The normalized spacial score (nSPS) is 34.5. The highest BCUT2D eigenvalue weighted by Crippen LogP contribution is 2.25. The summed E-state index contributed by atoms with van der Waals surface area (Å²) in [7, 11) is -2.90. The van der Waals surface area contributed by atoms with Gasteiger partial charge in [0, 0.05) is 12.6 Å². The minimum absolute atomic E-state index is 0.258. The fourth-order valence-electron chi connectivity index (χ4n) is 1.92. The van der Waals surface area contributed by atoms with Crippen LogP contribution in [0.15, 0.2) is 12.2 Å². The molecule has 2 rings (SSSR count). The zero-order chi connectivity index (χ0) is 8.60. The minimum atomic E-state index is -2.90. The smallest absolute Gasteiger partial charge is 0.212 e. The third-order valence-electron chi connectivity index (χ3n) is 2.56. The van der Waals surface area contributed by atoms with Gasteiger partial charge >= 0.3 is 0 Å². The molecule has 0 aromatic heterocycles. The largest absolute Gasteiger partial charge is 0.214 e. The number of nitrogens with zero attached hydrogens (tertiary/aromatic N) is 1. The minimum Gasteiger partial charge on any atom is -0.212 e. The van der Waals surface area contributed by atoms with Crippen LogP contribution in [0.3, 0.4) is 0 Å². The van der Waals surface area contributed by atoms with Crippen molar-refractivity contribution in [3.05, 3.63) is 12.2 Å².